The topological polar surface area (TPSA) is 55.2 Å². The second-order valence-electron chi connectivity index (χ2n) is 7.13. The van der Waals surface area contributed by atoms with Gasteiger partial charge in [0.05, 0.1) is 11.1 Å². The SMILES string of the molecule is CCn1c(SCC(=O)N2C(C)CCCC2C)nc2sc(C)c(C)c2c1=O. The fourth-order valence-corrected chi connectivity index (χ4v) is 5.81. The molecule has 0 radical (unpaired) electrons. The van der Waals surface area contributed by atoms with Gasteiger partial charge in [-0.25, -0.2) is 4.98 Å². The molecule has 0 aromatic carbocycles. The van der Waals surface area contributed by atoms with Gasteiger partial charge in [0.2, 0.25) is 5.91 Å². The summed E-state index contributed by atoms with van der Waals surface area (Å²) in [5, 5.41) is 1.38. The van der Waals surface area contributed by atoms with Gasteiger partial charge in [0.1, 0.15) is 4.83 Å². The van der Waals surface area contributed by atoms with Crippen molar-refractivity contribution in [2.24, 2.45) is 0 Å². The predicted octanol–water partition coefficient (Wildman–Crippen LogP) is 3.98. The van der Waals surface area contributed by atoms with E-state index in [1.165, 1.54) is 18.2 Å². The van der Waals surface area contributed by atoms with Crippen LogP contribution in [-0.2, 0) is 11.3 Å². The van der Waals surface area contributed by atoms with Crippen molar-refractivity contribution in [2.75, 3.05) is 5.75 Å². The molecule has 142 valence electrons. The highest BCUT2D eigenvalue weighted by Crippen LogP contribution is 2.29. The maximum Gasteiger partial charge on any atom is 0.263 e. The first kappa shape index (κ1) is 19.4. The molecule has 1 saturated heterocycles. The Morgan fingerprint density at radius 3 is 2.54 bits per heavy atom. The summed E-state index contributed by atoms with van der Waals surface area (Å²) in [6, 6.07) is 0.580. The van der Waals surface area contributed by atoms with Crippen molar-refractivity contribution < 1.29 is 4.79 Å². The molecule has 26 heavy (non-hydrogen) atoms. The van der Waals surface area contributed by atoms with Crippen LogP contribution in [-0.4, -0.2) is 38.2 Å². The van der Waals surface area contributed by atoms with E-state index < -0.39 is 0 Å². The van der Waals surface area contributed by atoms with Gasteiger partial charge in [0.25, 0.3) is 5.56 Å². The smallest absolute Gasteiger partial charge is 0.263 e. The molecule has 0 saturated carbocycles. The van der Waals surface area contributed by atoms with E-state index in [-0.39, 0.29) is 11.5 Å². The fourth-order valence-electron chi connectivity index (χ4n) is 3.81. The molecule has 1 aliphatic heterocycles. The van der Waals surface area contributed by atoms with Crippen molar-refractivity contribution in [3.8, 4) is 0 Å². The van der Waals surface area contributed by atoms with Crippen molar-refractivity contribution >= 4 is 39.2 Å². The summed E-state index contributed by atoms with van der Waals surface area (Å²) in [6.45, 7) is 10.8. The summed E-state index contributed by atoms with van der Waals surface area (Å²) >= 11 is 2.95. The van der Waals surface area contributed by atoms with Crippen LogP contribution < -0.4 is 5.56 Å². The van der Waals surface area contributed by atoms with Crippen molar-refractivity contribution in [2.45, 2.75) is 77.7 Å². The number of nitrogens with zero attached hydrogens (tertiary/aromatic N) is 3. The van der Waals surface area contributed by atoms with E-state index in [1.807, 2.05) is 25.7 Å². The standard InChI is InChI=1S/C19H27N3O2S2/c1-6-21-18(24)16-13(4)14(5)26-17(16)20-19(21)25-10-15(23)22-11(2)8-7-9-12(22)3/h11-12H,6-10H2,1-5H3. The van der Waals surface area contributed by atoms with Gasteiger partial charge in [-0.1, -0.05) is 11.8 Å². The van der Waals surface area contributed by atoms with E-state index in [4.69, 9.17) is 4.98 Å². The molecule has 2 aromatic heterocycles. The zero-order valence-corrected chi connectivity index (χ0v) is 17.8. The molecule has 7 heteroatoms. The van der Waals surface area contributed by atoms with Crippen molar-refractivity contribution in [1.82, 2.24) is 14.5 Å². The average Bonchev–Trinajstić information content (AvgIpc) is 2.87. The molecular weight excluding hydrogens is 366 g/mol. The second-order valence-corrected chi connectivity index (χ2v) is 9.27. The molecule has 2 aromatic rings. The van der Waals surface area contributed by atoms with Crippen molar-refractivity contribution in [3.63, 3.8) is 0 Å². The molecule has 3 heterocycles. The molecule has 0 bridgehead atoms. The van der Waals surface area contributed by atoms with Gasteiger partial charge >= 0.3 is 0 Å². The Morgan fingerprint density at radius 2 is 1.92 bits per heavy atom. The highest BCUT2D eigenvalue weighted by atomic mass is 32.2. The van der Waals surface area contributed by atoms with Crippen LogP contribution in [0.4, 0.5) is 0 Å². The minimum atomic E-state index is 0.00834. The number of carbonyl (C=O) groups is 1. The molecule has 0 aliphatic carbocycles. The normalized spacial score (nSPS) is 20.7. The number of likely N-dealkylation sites (tertiary alicyclic amines) is 1. The lowest BCUT2D eigenvalue weighted by Gasteiger charge is -2.39. The first-order valence-corrected chi connectivity index (χ1v) is 11.1. The lowest BCUT2D eigenvalue weighted by Crippen LogP contribution is -2.48. The van der Waals surface area contributed by atoms with Gasteiger partial charge in [0.15, 0.2) is 5.16 Å². The Hall–Kier alpha value is -1.34. The Labute approximate surface area is 162 Å². The Bertz CT molecular complexity index is 877. The molecule has 2 atom stereocenters. The highest BCUT2D eigenvalue weighted by Gasteiger charge is 2.29. The Morgan fingerprint density at radius 1 is 1.27 bits per heavy atom. The molecule has 0 spiro atoms. The number of carbonyl (C=O) groups excluding carboxylic acids is 1. The second kappa shape index (κ2) is 7.72. The number of aromatic nitrogens is 2. The summed E-state index contributed by atoms with van der Waals surface area (Å²) in [7, 11) is 0. The number of hydrogen-bond donors (Lipinski definition) is 0. The molecule has 3 rings (SSSR count). The monoisotopic (exact) mass is 393 g/mol. The first-order chi connectivity index (χ1) is 12.3. The molecular formula is C19H27N3O2S2. The van der Waals surface area contributed by atoms with Crippen LogP contribution >= 0.6 is 23.1 Å². The number of piperidine rings is 1. The zero-order valence-electron chi connectivity index (χ0n) is 16.2. The lowest BCUT2D eigenvalue weighted by molar-refractivity contribution is -0.134. The van der Waals surface area contributed by atoms with Gasteiger partial charge in [-0.05, 0) is 59.4 Å². The zero-order chi connectivity index (χ0) is 19.0. The highest BCUT2D eigenvalue weighted by molar-refractivity contribution is 7.99. The Balaban J connectivity index is 1.87. The quantitative estimate of drug-likeness (QED) is 0.582. The molecule has 0 N–H and O–H groups in total. The molecule has 1 amide bonds. The molecule has 2 unspecified atom stereocenters. The summed E-state index contributed by atoms with van der Waals surface area (Å²) in [5.74, 6) is 0.473. The molecule has 1 fully saturated rings. The van der Waals surface area contributed by atoms with Crippen molar-refractivity contribution in [3.05, 3.63) is 20.8 Å². The predicted molar refractivity (Wildman–Crippen MR) is 109 cm³/mol. The summed E-state index contributed by atoms with van der Waals surface area (Å²) in [4.78, 5) is 34.3. The largest absolute Gasteiger partial charge is 0.337 e. The van der Waals surface area contributed by atoms with Gasteiger partial charge in [-0.3, -0.25) is 14.2 Å². The number of thioether (sulfide) groups is 1. The summed E-state index contributed by atoms with van der Waals surface area (Å²) < 4.78 is 1.70. The van der Waals surface area contributed by atoms with Crippen LogP contribution in [0.2, 0.25) is 0 Å². The average molecular weight is 394 g/mol. The van der Waals surface area contributed by atoms with Crippen LogP contribution in [0.25, 0.3) is 10.2 Å². The number of hydrogen-bond acceptors (Lipinski definition) is 5. The van der Waals surface area contributed by atoms with Gasteiger partial charge in [-0.15, -0.1) is 11.3 Å². The maximum absolute atomic E-state index is 12.9. The van der Waals surface area contributed by atoms with Gasteiger partial charge < -0.3 is 4.90 Å². The Kier molecular flexibility index (Phi) is 5.77. The van der Waals surface area contributed by atoms with Crippen LogP contribution in [0.15, 0.2) is 9.95 Å². The number of thiophene rings is 1. The minimum Gasteiger partial charge on any atom is -0.337 e. The number of aryl methyl sites for hydroxylation is 2. The van der Waals surface area contributed by atoms with Crippen LogP contribution in [0.5, 0.6) is 0 Å². The van der Waals surface area contributed by atoms with Crippen molar-refractivity contribution in [1.29, 1.82) is 0 Å². The van der Waals surface area contributed by atoms with E-state index in [1.54, 1.807) is 15.9 Å². The minimum absolute atomic E-state index is 0.00834. The van der Waals surface area contributed by atoms with E-state index >= 15 is 0 Å². The number of amides is 1. The third-order valence-electron chi connectivity index (χ3n) is 5.38. The third kappa shape index (κ3) is 3.43. The van der Waals surface area contributed by atoms with Gasteiger partial charge in [0, 0.05) is 23.5 Å². The van der Waals surface area contributed by atoms with Crippen LogP contribution in [0.1, 0.15) is 50.5 Å². The van der Waals surface area contributed by atoms with E-state index in [0.717, 1.165) is 33.5 Å². The summed E-state index contributed by atoms with van der Waals surface area (Å²) in [5.41, 5.74) is 1.03. The fraction of sp³-hybridized carbons (Fsp3) is 0.632. The van der Waals surface area contributed by atoms with Crippen LogP contribution in [0.3, 0.4) is 0 Å². The third-order valence-corrected chi connectivity index (χ3v) is 7.44. The van der Waals surface area contributed by atoms with E-state index in [0.29, 0.717) is 29.5 Å². The van der Waals surface area contributed by atoms with E-state index in [9.17, 15) is 9.59 Å². The van der Waals surface area contributed by atoms with Gasteiger partial charge in [-0.2, -0.15) is 0 Å². The summed E-state index contributed by atoms with van der Waals surface area (Å²) in [6.07, 6.45) is 3.32. The van der Waals surface area contributed by atoms with Crippen LogP contribution in [0, 0.1) is 13.8 Å². The lowest BCUT2D eigenvalue weighted by atomic mass is 9.98. The molecule has 5 nitrogen and oxygen atoms in total. The molecule has 1 aliphatic rings. The first-order valence-electron chi connectivity index (χ1n) is 9.29. The maximum atomic E-state index is 12.9. The number of fused-ring (bicyclic) bond motifs is 1. The van der Waals surface area contributed by atoms with E-state index in [2.05, 4.69) is 13.8 Å². The number of rotatable bonds is 4.